The summed E-state index contributed by atoms with van der Waals surface area (Å²) in [4.78, 5) is 12.0. The lowest BCUT2D eigenvalue weighted by atomic mass is 10.1. The third kappa shape index (κ3) is 4.82. The minimum atomic E-state index is -3.35. The normalized spacial score (nSPS) is 11.5. The third-order valence-electron chi connectivity index (χ3n) is 2.75. The molecule has 0 radical (unpaired) electrons. The van der Waals surface area contributed by atoms with Crippen LogP contribution in [0.4, 0.5) is 10.1 Å². The number of allylic oxidation sites excluding steroid dienone is 1. The van der Waals surface area contributed by atoms with E-state index in [1.807, 2.05) is 0 Å². The minimum Gasteiger partial charge on any atom is -0.289 e. The Balaban J connectivity index is 2.10. The molecule has 0 heterocycles. The largest absolute Gasteiger partial charge is 0.289 e. The van der Waals surface area contributed by atoms with Gasteiger partial charge in [-0.3, -0.25) is 9.52 Å². The summed E-state index contributed by atoms with van der Waals surface area (Å²) in [6, 6.07) is 11.9. The summed E-state index contributed by atoms with van der Waals surface area (Å²) in [7, 11) is -3.35. The van der Waals surface area contributed by atoms with Crippen molar-refractivity contribution in [3.05, 3.63) is 71.6 Å². The van der Waals surface area contributed by atoms with E-state index in [4.69, 9.17) is 0 Å². The highest BCUT2D eigenvalue weighted by atomic mass is 32.2. The summed E-state index contributed by atoms with van der Waals surface area (Å²) in [6.07, 6.45) is 3.91. The van der Waals surface area contributed by atoms with Crippen LogP contribution in [0.1, 0.15) is 15.9 Å². The van der Waals surface area contributed by atoms with E-state index in [2.05, 4.69) is 4.72 Å². The number of rotatable bonds is 5. The summed E-state index contributed by atoms with van der Waals surface area (Å²) in [5.74, 6) is -0.624. The molecular formula is C16H14FNO3S. The van der Waals surface area contributed by atoms with Gasteiger partial charge in [0.05, 0.1) is 6.26 Å². The minimum absolute atomic E-state index is 0.254. The molecule has 1 N–H and O–H groups in total. The fourth-order valence-electron chi connectivity index (χ4n) is 1.80. The maximum atomic E-state index is 13.0. The van der Waals surface area contributed by atoms with Crippen LogP contribution in [0.3, 0.4) is 0 Å². The maximum Gasteiger partial charge on any atom is 0.229 e. The lowest BCUT2D eigenvalue weighted by molar-refractivity contribution is 0.104. The number of anilines is 1. The smallest absolute Gasteiger partial charge is 0.229 e. The fourth-order valence-corrected chi connectivity index (χ4v) is 2.36. The number of benzene rings is 2. The number of ketones is 1. The van der Waals surface area contributed by atoms with Gasteiger partial charge in [-0.25, -0.2) is 12.8 Å². The summed E-state index contributed by atoms with van der Waals surface area (Å²) in [5.41, 5.74) is 1.38. The van der Waals surface area contributed by atoms with Crippen LogP contribution in [0.5, 0.6) is 0 Å². The summed E-state index contributed by atoms with van der Waals surface area (Å²) in [6.45, 7) is 0. The van der Waals surface area contributed by atoms with Crippen molar-refractivity contribution < 1.29 is 17.6 Å². The van der Waals surface area contributed by atoms with Gasteiger partial charge >= 0.3 is 0 Å². The van der Waals surface area contributed by atoms with E-state index < -0.39 is 10.0 Å². The topological polar surface area (TPSA) is 63.2 Å². The van der Waals surface area contributed by atoms with E-state index in [0.717, 1.165) is 6.26 Å². The second-order valence-electron chi connectivity index (χ2n) is 4.70. The van der Waals surface area contributed by atoms with Crippen molar-refractivity contribution >= 4 is 27.6 Å². The highest BCUT2D eigenvalue weighted by Crippen LogP contribution is 2.12. The molecule has 0 atom stereocenters. The van der Waals surface area contributed by atoms with Gasteiger partial charge in [0.25, 0.3) is 0 Å². The third-order valence-corrected chi connectivity index (χ3v) is 3.35. The van der Waals surface area contributed by atoms with Crippen molar-refractivity contribution in [2.24, 2.45) is 0 Å². The molecule has 0 fully saturated rings. The second kappa shape index (κ2) is 6.53. The van der Waals surface area contributed by atoms with E-state index >= 15 is 0 Å². The molecule has 0 saturated carbocycles. The van der Waals surface area contributed by atoms with Gasteiger partial charge in [0.1, 0.15) is 5.82 Å². The van der Waals surface area contributed by atoms with Crippen molar-refractivity contribution in [1.82, 2.24) is 0 Å². The van der Waals surface area contributed by atoms with Gasteiger partial charge in [0.2, 0.25) is 10.0 Å². The Morgan fingerprint density at radius 3 is 2.41 bits per heavy atom. The number of nitrogens with one attached hydrogen (secondary N) is 1. The van der Waals surface area contributed by atoms with Gasteiger partial charge in [-0.1, -0.05) is 18.2 Å². The van der Waals surface area contributed by atoms with E-state index in [0.29, 0.717) is 16.8 Å². The van der Waals surface area contributed by atoms with Crippen LogP contribution in [-0.4, -0.2) is 20.5 Å². The highest BCUT2D eigenvalue weighted by Gasteiger charge is 2.04. The van der Waals surface area contributed by atoms with E-state index in [1.165, 1.54) is 48.6 Å². The zero-order valence-corrected chi connectivity index (χ0v) is 12.6. The number of carbonyl (C=O) groups is 1. The zero-order chi connectivity index (χ0) is 16.2. The molecule has 0 amide bonds. The predicted octanol–water partition coefficient (Wildman–Crippen LogP) is 3.09. The Morgan fingerprint density at radius 2 is 1.82 bits per heavy atom. The van der Waals surface area contributed by atoms with Crippen molar-refractivity contribution in [2.75, 3.05) is 11.0 Å². The first kappa shape index (κ1) is 15.9. The van der Waals surface area contributed by atoms with Crippen molar-refractivity contribution in [3.63, 3.8) is 0 Å². The molecule has 0 aliphatic carbocycles. The highest BCUT2D eigenvalue weighted by molar-refractivity contribution is 7.92. The second-order valence-corrected chi connectivity index (χ2v) is 6.45. The van der Waals surface area contributed by atoms with E-state index in [1.54, 1.807) is 12.1 Å². The van der Waals surface area contributed by atoms with Gasteiger partial charge in [-0.05, 0) is 48.0 Å². The molecular weight excluding hydrogens is 305 g/mol. The predicted molar refractivity (Wildman–Crippen MR) is 84.7 cm³/mol. The van der Waals surface area contributed by atoms with Crippen LogP contribution in [0.15, 0.2) is 54.6 Å². The van der Waals surface area contributed by atoms with Crippen LogP contribution in [0, 0.1) is 5.82 Å². The van der Waals surface area contributed by atoms with E-state index in [9.17, 15) is 17.6 Å². The lowest BCUT2D eigenvalue weighted by Gasteiger charge is -2.03. The number of carbonyl (C=O) groups excluding carboxylic acids is 1. The van der Waals surface area contributed by atoms with Gasteiger partial charge in [0.15, 0.2) is 5.78 Å². The van der Waals surface area contributed by atoms with Crippen molar-refractivity contribution in [2.45, 2.75) is 0 Å². The Labute approximate surface area is 128 Å². The van der Waals surface area contributed by atoms with Crippen LogP contribution in [-0.2, 0) is 10.0 Å². The number of hydrogen-bond donors (Lipinski definition) is 1. The Bertz CT molecular complexity index is 812. The molecule has 0 bridgehead atoms. The molecule has 22 heavy (non-hydrogen) atoms. The molecule has 6 heteroatoms. The molecule has 0 saturated heterocycles. The molecule has 0 aliphatic rings. The fraction of sp³-hybridized carbons (Fsp3) is 0.0625. The van der Waals surface area contributed by atoms with Crippen molar-refractivity contribution in [3.8, 4) is 0 Å². The van der Waals surface area contributed by atoms with Gasteiger partial charge in [0, 0.05) is 11.3 Å². The molecule has 0 aliphatic heterocycles. The van der Waals surface area contributed by atoms with Crippen LogP contribution in [0.2, 0.25) is 0 Å². The van der Waals surface area contributed by atoms with E-state index in [-0.39, 0.29) is 11.6 Å². The van der Waals surface area contributed by atoms with Gasteiger partial charge in [-0.15, -0.1) is 0 Å². The number of hydrogen-bond acceptors (Lipinski definition) is 3. The number of sulfonamides is 1. The van der Waals surface area contributed by atoms with Crippen molar-refractivity contribution in [1.29, 1.82) is 0 Å². The quantitative estimate of drug-likeness (QED) is 0.680. The summed E-state index contributed by atoms with van der Waals surface area (Å²) in [5, 5.41) is 0. The Kier molecular flexibility index (Phi) is 4.72. The zero-order valence-electron chi connectivity index (χ0n) is 11.8. The van der Waals surface area contributed by atoms with Crippen LogP contribution in [0.25, 0.3) is 6.08 Å². The molecule has 0 spiro atoms. The average molecular weight is 319 g/mol. The Morgan fingerprint density at radius 1 is 1.14 bits per heavy atom. The van der Waals surface area contributed by atoms with Gasteiger partial charge < -0.3 is 0 Å². The molecule has 0 aromatic heterocycles. The monoisotopic (exact) mass is 319 g/mol. The molecule has 0 unspecified atom stereocenters. The maximum absolute atomic E-state index is 13.0. The SMILES string of the molecule is CS(=O)(=O)Nc1ccc(C(=O)/C=C/c2cccc(F)c2)cc1. The summed E-state index contributed by atoms with van der Waals surface area (Å²) < 4.78 is 37.5. The molecule has 2 aromatic carbocycles. The Hall–Kier alpha value is -2.47. The molecule has 114 valence electrons. The first-order valence-corrected chi connectivity index (χ1v) is 8.28. The number of halogens is 1. The summed E-state index contributed by atoms with van der Waals surface area (Å²) >= 11 is 0. The van der Waals surface area contributed by atoms with Crippen LogP contribution >= 0.6 is 0 Å². The standard InChI is InChI=1S/C16H14FNO3S/c1-22(20,21)18-15-8-6-13(7-9-15)16(19)10-5-12-3-2-4-14(17)11-12/h2-11,18H,1H3/b10-5+. The lowest BCUT2D eigenvalue weighted by Crippen LogP contribution is -2.09. The first-order chi connectivity index (χ1) is 10.3. The molecule has 2 rings (SSSR count). The average Bonchev–Trinajstić information content (AvgIpc) is 2.44. The molecule has 2 aromatic rings. The van der Waals surface area contributed by atoms with Crippen LogP contribution < -0.4 is 4.72 Å². The molecule has 4 nitrogen and oxygen atoms in total. The van der Waals surface area contributed by atoms with Gasteiger partial charge in [-0.2, -0.15) is 0 Å². The first-order valence-electron chi connectivity index (χ1n) is 6.39.